The monoisotopic (exact) mass is 321 g/mol. The van der Waals surface area contributed by atoms with Gasteiger partial charge in [-0.15, -0.1) is 0 Å². The van der Waals surface area contributed by atoms with Gasteiger partial charge >= 0.3 is 0 Å². The molecule has 118 valence electrons. The molecule has 0 saturated carbocycles. The van der Waals surface area contributed by atoms with Crippen LogP contribution in [0.15, 0.2) is 53.4 Å². The number of aryl methyl sites for hydroxylation is 1. The number of hydrogen-bond acceptors (Lipinski definition) is 3. The van der Waals surface area contributed by atoms with E-state index in [1.54, 1.807) is 12.1 Å². The quantitative estimate of drug-likeness (QED) is 0.390. The van der Waals surface area contributed by atoms with E-state index in [0.717, 1.165) is 17.5 Å². The first-order chi connectivity index (χ1) is 10.2. The number of guanidine groups is 1. The van der Waals surface area contributed by atoms with Gasteiger partial charge in [0.1, 0.15) is 0 Å². The first-order valence-electron chi connectivity index (χ1n) is 6.50. The van der Waals surface area contributed by atoms with Crippen LogP contribution in [-0.2, 0) is 16.5 Å². The van der Waals surface area contributed by atoms with Crippen molar-refractivity contribution < 1.29 is 13.0 Å². The number of nitrogens with two attached hydrogens (primary N) is 2. The molecule has 0 aliphatic carbocycles. The SMILES string of the molecule is CCc1ccc(-c2ccc(S(=O)(=O)O)cc2)cc1.N=C(N)N. The third kappa shape index (κ3) is 5.55. The van der Waals surface area contributed by atoms with Crippen molar-refractivity contribution in [3.63, 3.8) is 0 Å². The van der Waals surface area contributed by atoms with Crippen molar-refractivity contribution in [1.82, 2.24) is 0 Å². The van der Waals surface area contributed by atoms with Crippen LogP contribution in [0.5, 0.6) is 0 Å². The van der Waals surface area contributed by atoms with E-state index in [-0.39, 0.29) is 10.9 Å². The number of hydrogen-bond donors (Lipinski definition) is 4. The molecule has 6 nitrogen and oxygen atoms in total. The van der Waals surface area contributed by atoms with Gasteiger partial charge in [-0.3, -0.25) is 9.96 Å². The second kappa shape index (κ2) is 7.58. The van der Waals surface area contributed by atoms with Gasteiger partial charge in [0.25, 0.3) is 10.1 Å². The molecule has 2 rings (SSSR count). The molecule has 0 radical (unpaired) electrons. The lowest BCUT2D eigenvalue weighted by atomic mass is 10.0. The van der Waals surface area contributed by atoms with Crippen LogP contribution in [0.2, 0.25) is 0 Å². The summed E-state index contributed by atoms with van der Waals surface area (Å²) in [6, 6.07) is 14.3. The largest absolute Gasteiger partial charge is 0.370 e. The van der Waals surface area contributed by atoms with Gasteiger partial charge < -0.3 is 11.5 Å². The second-order valence-corrected chi connectivity index (χ2v) is 5.93. The Balaban J connectivity index is 0.000000541. The Morgan fingerprint density at radius 2 is 1.36 bits per heavy atom. The Morgan fingerprint density at radius 1 is 1.00 bits per heavy atom. The molecule has 0 amide bonds. The van der Waals surface area contributed by atoms with Crippen LogP contribution in [0.3, 0.4) is 0 Å². The van der Waals surface area contributed by atoms with Crippen molar-refractivity contribution >= 4 is 16.1 Å². The summed E-state index contributed by atoms with van der Waals surface area (Å²) in [6.07, 6.45) is 0.988. The summed E-state index contributed by atoms with van der Waals surface area (Å²) in [7, 11) is -4.11. The van der Waals surface area contributed by atoms with Crippen molar-refractivity contribution in [2.24, 2.45) is 11.5 Å². The molecule has 2 aromatic rings. The van der Waals surface area contributed by atoms with Gasteiger partial charge in [-0.25, -0.2) is 0 Å². The zero-order chi connectivity index (χ0) is 16.8. The minimum atomic E-state index is -4.11. The van der Waals surface area contributed by atoms with Gasteiger partial charge in [0.2, 0.25) is 0 Å². The molecule has 0 saturated heterocycles. The molecule has 0 atom stereocenters. The molecule has 6 N–H and O–H groups in total. The maximum atomic E-state index is 10.9. The maximum Gasteiger partial charge on any atom is 0.294 e. The van der Waals surface area contributed by atoms with Crippen LogP contribution in [0, 0.1) is 5.41 Å². The van der Waals surface area contributed by atoms with Crippen molar-refractivity contribution in [2.75, 3.05) is 0 Å². The number of nitrogens with one attached hydrogen (secondary N) is 1. The molecular formula is C15H19N3O3S. The summed E-state index contributed by atoms with van der Waals surface area (Å²) >= 11 is 0. The van der Waals surface area contributed by atoms with Crippen molar-refractivity contribution in [3.05, 3.63) is 54.1 Å². The van der Waals surface area contributed by atoms with Gasteiger partial charge in [0.05, 0.1) is 4.90 Å². The molecule has 0 spiro atoms. The molecular weight excluding hydrogens is 302 g/mol. The zero-order valence-corrected chi connectivity index (χ0v) is 13.0. The zero-order valence-electron chi connectivity index (χ0n) is 12.2. The topological polar surface area (TPSA) is 130 Å². The Bertz CT molecular complexity index is 720. The maximum absolute atomic E-state index is 10.9. The molecule has 0 bridgehead atoms. The molecule has 0 heterocycles. The van der Waals surface area contributed by atoms with Crippen LogP contribution in [0.4, 0.5) is 0 Å². The first-order valence-corrected chi connectivity index (χ1v) is 7.94. The van der Waals surface area contributed by atoms with Gasteiger partial charge in [-0.05, 0) is 35.2 Å². The molecule has 2 aromatic carbocycles. The highest BCUT2D eigenvalue weighted by molar-refractivity contribution is 7.85. The van der Waals surface area contributed by atoms with Crippen LogP contribution < -0.4 is 11.5 Å². The lowest BCUT2D eigenvalue weighted by molar-refractivity contribution is 0.483. The highest BCUT2D eigenvalue weighted by atomic mass is 32.2. The highest BCUT2D eigenvalue weighted by Crippen LogP contribution is 2.21. The minimum absolute atomic E-state index is 0.0866. The van der Waals surface area contributed by atoms with Gasteiger partial charge in [-0.1, -0.05) is 43.3 Å². The highest BCUT2D eigenvalue weighted by Gasteiger charge is 2.08. The average molecular weight is 321 g/mol. The van der Waals surface area contributed by atoms with Gasteiger partial charge in [-0.2, -0.15) is 8.42 Å². The fraction of sp³-hybridized carbons (Fsp3) is 0.133. The van der Waals surface area contributed by atoms with E-state index in [2.05, 4.69) is 18.4 Å². The van der Waals surface area contributed by atoms with E-state index in [4.69, 9.17) is 9.96 Å². The number of rotatable bonds is 3. The average Bonchev–Trinajstić information content (AvgIpc) is 2.46. The smallest absolute Gasteiger partial charge is 0.294 e. The van der Waals surface area contributed by atoms with E-state index in [1.807, 2.05) is 24.3 Å². The number of benzene rings is 2. The third-order valence-electron chi connectivity index (χ3n) is 2.85. The predicted molar refractivity (Wildman–Crippen MR) is 87.2 cm³/mol. The molecule has 7 heteroatoms. The van der Waals surface area contributed by atoms with E-state index >= 15 is 0 Å². The minimum Gasteiger partial charge on any atom is -0.370 e. The summed E-state index contributed by atoms with van der Waals surface area (Å²) in [4.78, 5) is -0.0866. The Morgan fingerprint density at radius 3 is 1.68 bits per heavy atom. The van der Waals surface area contributed by atoms with E-state index < -0.39 is 10.1 Å². The van der Waals surface area contributed by atoms with Crippen molar-refractivity contribution in [3.8, 4) is 11.1 Å². The fourth-order valence-electron chi connectivity index (χ4n) is 1.75. The lowest BCUT2D eigenvalue weighted by Gasteiger charge is -2.04. The molecule has 0 aromatic heterocycles. The fourth-order valence-corrected chi connectivity index (χ4v) is 2.23. The van der Waals surface area contributed by atoms with Crippen LogP contribution in [0.1, 0.15) is 12.5 Å². The summed E-state index contributed by atoms with van der Waals surface area (Å²) in [5.74, 6) is -0.333. The van der Waals surface area contributed by atoms with Crippen LogP contribution in [0.25, 0.3) is 11.1 Å². The van der Waals surface area contributed by atoms with E-state index in [1.165, 1.54) is 17.7 Å². The van der Waals surface area contributed by atoms with Gasteiger partial charge in [0, 0.05) is 0 Å². The Hall–Kier alpha value is -2.38. The predicted octanol–water partition coefficient (Wildman–Crippen LogP) is 2.00. The normalized spacial score (nSPS) is 10.5. The van der Waals surface area contributed by atoms with Crippen molar-refractivity contribution in [2.45, 2.75) is 18.2 Å². The molecule has 22 heavy (non-hydrogen) atoms. The second-order valence-electron chi connectivity index (χ2n) is 4.51. The first kappa shape index (κ1) is 17.7. The molecule has 0 unspecified atom stereocenters. The van der Waals surface area contributed by atoms with Crippen molar-refractivity contribution in [1.29, 1.82) is 5.41 Å². The summed E-state index contributed by atoms with van der Waals surface area (Å²) in [6.45, 7) is 2.09. The van der Waals surface area contributed by atoms with Gasteiger partial charge in [0.15, 0.2) is 5.96 Å². The summed E-state index contributed by atoms with van der Waals surface area (Å²) in [5.41, 5.74) is 12.1. The van der Waals surface area contributed by atoms with E-state index in [9.17, 15) is 8.42 Å². The lowest BCUT2D eigenvalue weighted by Crippen LogP contribution is -2.20. The van der Waals surface area contributed by atoms with Crippen LogP contribution >= 0.6 is 0 Å². The Labute approximate surface area is 130 Å². The van der Waals surface area contributed by atoms with E-state index in [0.29, 0.717) is 0 Å². The molecule has 0 fully saturated rings. The standard InChI is InChI=1S/C14H14O3S.CH5N3/c1-2-11-3-5-12(6-4-11)13-7-9-14(10-8-13)18(15,16)17;2-1(3)4/h3-10H,2H2,1H3,(H,15,16,17);(H5,2,3,4). The molecule has 0 aliphatic rings. The van der Waals surface area contributed by atoms with Crippen LogP contribution in [-0.4, -0.2) is 18.9 Å². The third-order valence-corrected chi connectivity index (χ3v) is 3.72. The summed E-state index contributed by atoms with van der Waals surface area (Å²) < 4.78 is 30.7. The molecule has 0 aliphatic heterocycles. The summed E-state index contributed by atoms with van der Waals surface area (Å²) in [5, 5.41) is 6.06. The Kier molecular flexibility index (Phi) is 6.09.